The monoisotopic (exact) mass is 244 g/mol. The summed E-state index contributed by atoms with van der Waals surface area (Å²) < 4.78 is 1.64. The van der Waals surface area contributed by atoms with Crippen molar-refractivity contribution in [2.24, 2.45) is 12.8 Å². The fourth-order valence-electron chi connectivity index (χ4n) is 1.71. The molecule has 2 aromatic rings. The van der Waals surface area contributed by atoms with Gasteiger partial charge in [-0.1, -0.05) is 12.1 Å². The summed E-state index contributed by atoms with van der Waals surface area (Å²) in [5, 5.41) is 6.99. The van der Waals surface area contributed by atoms with Crippen molar-refractivity contribution in [3.8, 4) is 0 Å². The van der Waals surface area contributed by atoms with Gasteiger partial charge >= 0.3 is 0 Å². The smallest absolute Gasteiger partial charge is 0.256 e. The van der Waals surface area contributed by atoms with Gasteiger partial charge in [0.05, 0.1) is 5.69 Å². The van der Waals surface area contributed by atoms with Crippen molar-refractivity contribution in [2.75, 3.05) is 5.32 Å². The van der Waals surface area contributed by atoms with Crippen LogP contribution in [0.1, 0.15) is 21.6 Å². The third kappa shape index (κ3) is 2.57. The van der Waals surface area contributed by atoms with Crippen LogP contribution in [0, 0.1) is 6.92 Å². The van der Waals surface area contributed by atoms with Crippen molar-refractivity contribution in [3.05, 3.63) is 47.2 Å². The standard InChI is InChI=1S/C13H16N4O/c1-9-7-12(17(2)16-9)15-13(18)11-5-3-10(8-14)4-6-11/h3-7H,8,14H2,1-2H3,(H,15,18). The number of amides is 1. The molecule has 1 aromatic heterocycles. The summed E-state index contributed by atoms with van der Waals surface area (Å²) >= 11 is 0. The molecule has 0 aliphatic heterocycles. The molecule has 0 saturated carbocycles. The van der Waals surface area contributed by atoms with E-state index < -0.39 is 0 Å². The van der Waals surface area contributed by atoms with Gasteiger partial charge in [0, 0.05) is 25.2 Å². The van der Waals surface area contributed by atoms with E-state index in [1.807, 2.05) is 25.1 Å². The number of nitrogens with one attached hydrogen (secondary N) is 1. The van der Waals surface area contributed by atoms with Crippen LogP contribution >= 0.6 is 0 Å². The largest absolute Gasteiger partial charge is 0.326 e. The first-order valence-corrected chi connectivity index (χ1v) is 5.71. The second-order valence-corrected chi connectivity index (χ2v) is 4.15. The van der Waals surface area contributed by atoms with Gasteiger partial charge in [-0.05, 0) is 24.6 Å². The lowest BCUT2D eigenvalue weighted by molar-refractivity contribution is 0.102. The number of benzene rings is 1. The lowest BCUT2D eigenvalue weighted by Crippen LogP contribution is -2.14. The normalized spacial score (nSPS) is 10.4. The number of rotatable bonds is 3. The van der Waals surface area contributed by atoms with Gasteiger partial charge in [0.25, 0.3) is 5.91 Å². The Morgan fingerprint density at radius 3 is 2.56 bits per heavy atom. The zero-order valence-corrected chi connectivity index (χ0v) is 10.5. The molecule has 0 bridgehead atoms. The molecule has 1 amide bonds. The summed E-state index contributed by atoms with van der Waals surface area (Å²) in [4.78, 5) is 12.0. The minimum Gasteiger partial charge on any atom is -0.326 e. The molecule has 0 aliphatic rings. The van der Waals surface area contributed by atoms with E-state index in [-0.39, 0.29) is 5.91 Å². The highest BCUT2D eigenvalue weighted by Crippen LogP contribution is 2.11. The highest BCUT2D eigenvalue weighted by atomic mass is 16.1. The van der Waals surface area contributed by atoms with Gasteiger partial charge in [0.15, 0.2) is 0 Å². The number of hydrogen-bond acceptors (Lipinski definition) is 3. The van der Waals surface area contributed by atoms with E-state index in [0.717, 1.165) is 11.3 Å². The molecule has 0 unspecified atom stereocenters. The van der Waals surface area contributed by atoms with Crippen molar-refractivity contribution in [3.63, 3.8) is 0 Å². The van der Waals surface area contributed by atoms with E-state index in [2.05, 4.69) is 10.4 Å². The van der Waals surface area contributed by atoms with Gasteiger partial charge in [-0.15, -0.1) is 0 Å². The number of carbonyl (C=O) groups excluding carboxylic acids is 1. The van der Waals surface area contributed by atoms with E-state index in [4.69, 9.17) is 5.73 Å². The Bertz CT molecular complexity index is 557. The van der Waals surface area contributed by atoms with Crippen LogP contribution in [0.5, 0.6) is 0 Å². The molecule has 0 atom stereocenters. The van der Waals surface area contributed by atoms with Gasteiger partial charge in [0.2, 0.25) is 0 Å². The van der Waals surface area contributed by atoms with Gasteiger partial charge in [-0.3, -0.25) is 9.48 Å². The lowest BCUT2D eigenvalue weighted by Gasteiger charge is -2.05. The molecule has 94 valence electrons. The average molecular weight is 244 g/mol. The molecule has 5 nitrogen and oxygen atoms in total. The summed E-state index contributed by atoms with van der Waals surface area (Å²) in [5.41, 5.74) is 7.98. The van der Waals surface area contributed by atoms with Crippen molar-refractivity contribution >= 4 is 11.7 Å². The number of nitrogens with two attached hydrogens (primary N) is 1. The predicted octanol–water partition coefficient (Wildman–Crippen LogP) is 1.44. The summed E-state index contributed by atoms with van der Waals surface area (Å²) in [6.45, 7) is 2.36. The molecule has 0 radical (unpaired) electrons. The number of aryl methyl sites for hydroxylation is 2. The van der Waals surface area contributed by atoms with Crippen molar-refractivity contribution < 1.29 is 4.79 Å². The van der Waals surface area contributed by atoms with Crippen LogP contribution in [-0.2, 0) is 13.6 Å². The summed E-state index contributed by atoms with van der Waals surface area (Å²) in [6, 6.07) is 9.06. The molecule has 18 heavy (non-hydrogen) atoms. The number of nitrogens with zero attached hydrogens (tertiary/aromatic N) is 2. The lowest BCUT2D eigenvalue weighted by atomic mass is 10.1. The Hall–Kier alpha value is -2.14. The zero-order chi connectivity index (χ0) is 13.1. The topological polar surface area (TPSA) is 72.9 Å². The van der Waals surface area contributed by atoms with E-state index >= 15 is 0 Å². The number of anilines is 1. The first-order valence-electron chi connectivity index (χ1n) is 5.71. The van der Waals surface area contributed by atoms with E-state index in [1.54, 1.807) is 23.9 Å². The summed E-state index contributed by atoms with van der Waals surface area (Å²) in [6.07, 6.45) is 0. The molecule has 2 rings (SSSR count). The van der Waals surface area contributed by atoms with Crippen LogP contribution in [0.15, 0.2) is 30.3 Å². The Kier molecular flexibility index (Phi) is 3.43. The summed E-state index contributed by atoms with van der Waals surface area (Å²) in [7, 11) is 1.79. The average Bonchev–Trinajstić information content (AvgIpc) is 2.68. The molecule has 1 heterocycles. The van der Waals surface area contributed by atoms with Crippen LogP contribution < -0.4 is 11.1 Å². The first-order chi connectivity index (χ1) is 8.60. The van der Waals surface area contributed by atoms with Crippen LogP contribution in [0.2, 0.25) is 0 Å². The molecular formula is C13H16N4O. The quantitative estimate of drug-likeness (QED) is 0.858. The number of hydrogen-bond donors (Lipinski definition) is 2. The van der Waals surface area contributed by atoms with Gasteiger partial charge in [-0.2, -0.15) is 5.10 Å². The molecule has 5 heteroatoms. The highest BCUT2D eigenvalue weighted by molar-refractivity contribution is 6.03. The second-order valence-electron chi connectivity index (χ2n) is 4.15. The molecule has 0 spiro atoms. The predicted molar refractivity (Wildman–Crippen MR) is 70.2 cm³/mol. The van der Waals surface area contributed by atoms with E-state index in [0.29, 0.717) is 17.9 Å². The Morgan fingerprint density at radius 2 is 2.06 bits per heavy atom. The van der Waals surface area contributed by atoms with Gasteiger partial charge in [0.1, 0.15) is 5.82 Å². The SMILES string of the molecule is Cc1cc(NC(=O)c2ccc(CN)cc2)n(C)n1. The fourth-order valence-corrected chi connectivity index (χ4v) is 1.71. The molecular weight excluding hydrogens is 228 g/mol. The van der Waals surface area contributed by atoms with Crippen molar-refractivity contribution in [1.82, 2.24) is 9.78 Å². The maximum Gasteiger partial charge on any atom is 0.256 e. The van der Waals surface area contributed by atoms with Crippen molar-refractivity contribution in [1.29, 1.82) is 0 Å². The van der Waals surface area contributed by atoms with E-state index in [1.165, 1.54) is 0 Å². The molecule has 1 aromatic carbocycles. The molecule has 3 N–H and O–H groups in total. The van der Waals surface area contributed by atoms with Gasteiger partial charge in [-0.25, -0.2) is 0 Å². The minimum absolute atomic E-state index is 0.151. The van der Waals surface area contributed by atoms with Crippen LogP contribution in [-0.4, -0.2) is 15.7 Å². The van der Waals surface area contributed by atoms with Crippen LogP contribution in [0.3, 0.4) is 0 Å². The highest BCUT2D eigenvalue weighted by Gasteiger charge is 2.09. The number of aromatic nitrogens is 2. The Labute approximate surface area is 106 Å². The second kappa shape index (κ2) is 5.01. The Balaban J connectivity index is 2.14. The fraction of sp³-hybridized carbons (Fsp3) is 0.231. The molecule has 0 saturated heterocycles. The first kappa shape index (κ1) is 12.3. The third-order valence-corrected chi connectivity index (χ3v) is 2.70. The summed E-state index contributed by atoms with van der Waals surface area (Å²) in [5.74, 6) is 0.530. The Morgan fingerprint density at radius 1 is 1.39 bits per heavy atom. The van der Waals surface area contributed by atoms with Gasteiger partial charge < -0.3 is 11.1 Å². The minimum atomic E-state index is -0.151. The number of carbonyl (C=O) groups is 1. The maximum absolute atomic E-state index is 12.0. The third-order valence-electron chi connectivity index (χ3n) is 2.70. The van der Waals surface area contributed by atoms with Crippen LogP contribution in [0.4, 0.5) is 5.82 Å². The van der Waals surface area contributed by atoms with Crippen LogP contribution in [0.25, 0.3) is 0 Å². The maximum atomic E-state index is 12.0. The molecule has 0 fully saturated rings. The van der Waals surface area contributed by atoms with E-state index in [9.17, 15) is 4.79 Å². The zero-order valence-electron chi connectivity index (χ0n) is 10.5. The molecule has 0 aliphatic carbocycles. The van der Waals surface area contributed by atoms with Crippen molar-refractivity contribution in [2.45, 2.75) is 13.5 Å².